The first-order valence-electron chi connectivity index (χ1n) is 8.48. The molecule has 0 aliphatic carbocycles. The van der Waals surface area contributed by atoms with Crippen molar-refractivity contribution in [3.63, 3.8) is 0 Å². The number of rotatable bonds is 4. The molecule has 1 amide bonds. The highest BCUT2D eigenvalue weighted by Gasteiger charge is 2.25. The lowest BCUT2D eigenvalue weighted by Gasteiger charge is -2.33. The third-order valence-corrected chi connectivity index (χ3v) is 4.93. The summed E-state index contributed by atoms with van der Waals surface area (Å²) in [6.45, 7) is 2.55. The molecule has 1 saturated heterocycles. The average Bonchev–Trinajstić information content (AvgIpc) is 2.63. The molecule has 3 rings (SSSR count). The Kier molecular flexibility index (Phi) is 7.30. The zero-order chi connectivity index (χ0) is 16.9. The van der Waals surface area contributed by atoms with E-state index in [1.54, 1.807) is 0 Å². The van der Waals surface area contributed by atoms with E-state index in [0.29, 0.717) is 16.5 Å². The number of hydrogen-bond acceptors (Lipinski definition) is 2. The molecule has 0 aromatic heterocycles. The van der Waals surface area contributed by atoms with Crippen LogP contribution in [-0.4, -0.2) is 37.5 Å². The van der Waals surface area contributed by atoms with Gasteiger partial charge >= 0.3 is 0 Å². The fraction of sp³-hybridized carbons (Fsp3) is 0.350. The Morgan fingerprint density at radius 2 is 1.96 bits per heavy atom. The molecule has 5 heteroatoms. The second kappa shape index (κ2) is 9.23. The number of carbonyl (C=O) groups is 1. The van der Waals surface area contributed by atoms with Gasteiger partial charge in [-0.15, -0.1) is 12.4 Å². The van der Waals surface area contributed by atoms with Crippen molar-refractivity contribution in [2.75, 3.05) is 26.7 Å². The van der Waals surface area contributed by atoms with Crippen molar-refractivity contribution in [3.8, 4) is 11.1 Å². The Bertz CT molecular complexity index is 704. The Labute approximate surface area is 160 Å². The van der Waals surface area contributed by atoms with E-state index in [0.717, 1.165) is 37.2 Å². The highest BCUT2D eigenvalue weighted by molar-refractivity contribution is 6.34. The first kappa shape index (κ1) is 19.8. The van der Waals surface area contributed by atoms with Crippen molar-refractivity contribution < 1.29 is 4.79 Å². The van der Waals surface area contributed by atoms with Gasteiger partial charge in [0.15, 0.2) is 0 Å². The van der Waals surface area contributed by atoms with Crippen molar-refractivity contribution in [3.05, 3.63) is 59.1 Å². The van der Waals surface area contributed by atoms with Crippen LogP contribution in [0.3, 0.4) is 0 Å². The summed E-state index contributed by atoms with van der Waals surface area (Å²) in [6, 6.07) is 15.8. The van der Waals surface area contributed by atoms with Crippen LogP contribution in [0.1, 0.15) is 23.2 Å². The molecule has 134 valence electrons. The summed E-state index contributed by atoms with van der Waals surface area (Å²) in [4.78, 5) is 14.9. The van der Waals surface area contributed by atoms with Gasteiger partial charge in [0.1, 0.15) is 0 Å². The van der Waals surface area contributed by atoms with Crippen LogP contribution < -0.4 is 5.32 Å². The number of carbonyl (C=O) groups excluding carboxylic acids is 1. The summed E-state index contributed by atoms with van der Waals surface area (Å²) in [5.74, 6) is 0.558. The highest BCUT2D eigenvalue weighted by Crippen LogP contribution is 2.27. The SMILES string of the molecule is CNCC1CCCN(C(=O)c2cc(-c3ccccc3)ccc2Cl)C1.Cl. The van der Waals surface area contributed by atoms with E-state index >= 15 is 0 Å². The first-order chi connectivity index (χ1) is 11.7. The second-order valence-corrected chi connectivity index (χ2v) is 6.78. The van der Waals surface area contributed by atoms with Gasteiger partial charge in [0, 0.05) is 13.1 Å². The van der Waals surface area contributed by atoms with Crippen molar-refractivity contribution in [1.29, 1.82) is 0 Å². The maximum absolute atomic E-state index is 13.0. The number of benzene rings is 2. The van der Waals surface area contributed by atoms with E-state index in [2.05, 4.69) is 5.32 Å². The molecule has 0 saturated carbocycles. The van der Waals surface area contributed by atoms with Crippen LogP contribution in [0.2, 0.25) is 5.02 Å². The monoisotopic (exact) mass is 378 g/mol. The van der Waals surface area contributed by atoms with Crippen LogP contribution in [0.4, 0.5) is 0 Å². The zero-order valence-electron chi connectivity index (χ0n) is 14.4. The predicted octanol–water partition coefficient (Wildman–Crippen LogP) is 4.50. The molecule has 2 aromatic carbocycles. The molecule has 0 bridgehead atoms. The van der Waals surface area contributed by atoms with E-state index in [1.807, 2.05) is 60.5 Å². The molecule has 1 N–H and O–H groups in total. The third-order valence-electron chi connectivity index (χ3n) is 4.60. The van der Waals surface area contributed by atoms with E-state index in [9.17, 15) is 4.79 Å². The van der Waals surface area contributed by atoms with Gasteiger partial charge in [-0.25, -0.2) is 0 Å². The second-order valence-electron chi connectivity index (χ2n) is 6.38. The zero-order valence-corrected chi connectivity index (χ0v) is 15.9. The minimum absolute atomic E-state index is 0. The van der Waals surface area contributed by atoms with Gasteiger partial charge in [-0.05, 0) is 55.6 Å². The molecule has 2 aromatic rings. The van der Waals surface area contributed by atoms with Crippen molar-refractivity contribution in [2.24, 2.45) is 5.92 Å². The van der Waals surface area contributed by atoms with Crippen LogP contribution in [0.25, 0.3) is 11.1 Å². The molecule has 3 nitrogen and oxygen atoms in total. The lowest BCUT2D eigenvalue weighted by atomic mass is 9.96. The van der Waals surface area contributed by atoms with Crippen LogP contribution in [0, 0.1) is 5.92 Å². The Morgan fingerprint density at radius 3 is 2.68 bits per heavy atom. The van der Waals surface area contributed by atoms with Crippen LogP contribution in [0.15, 0.2) is 48.5 Å². The van der Waals surface area contributed by atoms with Gasteiger partial charge in [0.25, 0.3) is 5.91 Å². The number of likely N-dealkylation sites (tertiary alicyclic amines) is 1. The Morgan fingerprint density at radius 1 is 1.20 bits per heavy atom. The van der Waals surface area contributed by atoms with Gasteiger partial charge in [0.05, 0.1) is 10.6 Å². The van der Waals surface area contributed by atoms with Crippen molar-refractivity contribution >= 4 is 29.9 Å². The number of amides is 1. The highest BCUT2D eigenvalue weighted by atomic mass is 35.5. The fourth-order valence-electron chi connectivity index (χ4n) is 3.37. The average molecular weight is 379 g/mol. The van der Waals surface area contributed by atoms with Crippen molar-refractivity contribution in [1.82, 2.24) is 10.2 Å². The molecule has 0 spiro atoms. The standard InChI is InChI=1S/C20H23ClN2O.ClH/c1-22-13-15-6-5-11-23(14-15)20(24)18-12-17(9-10-19(18)21)16-7-3-2-4-8-16;/h2-4,7-10,12,15,22H,5-6,11,13-14H2,1H3;1H. The normalized spacial score (nSPS) is 17.0. The number of piperidine rings is 1. The molecule has 25 heavy (non-hydrogen) atoms. The Balaban J connectivity index is 0.00000225. The molecule has 1 heterocycles. The van der Waals surface area contributed by atoms with Crippen molar-refractivity contribution in [2.45, 2.75) is 12.8 Å². The largest absolute Gasteiger partial charge is 0.338 e. The summed E-state index contributed by atoms with van der Waals surface area (Å²) < 4.78 is 0. The molecular weight excluding hydrogens is 355 g/mol. The molecule has 1 unspecified atom stereocenters. The maximum Gasteiger partial charge on any atom is 0.255 e. The van der Waals surface area contributed by atoms with Crippen LogP contribution >= 0.6 is 24.0 Å². The third kappa shape index (κ3) is 4.75. The van der Waals surface area contributed by atoms with Gasteiger partial charge in [-0.2, -0.15) is 0 Å². The van der Waals surface area contributed by atoms with Gasteiger partial charge in [-0.1, -0.05) is 48.0 Å². The van der Waals surface area contributed by atoms with Gasteiger partial charge < -0.3 is 10.2 Å². The number of nitrogens with zero attached hydrogens (tertiary/aromatic N) is 1. The molecule has 1 aliphatic heterocycles. The van der Waals surface area contributed by atoms with Gasteiger partial charge in [-0.3, -0.25) is 4.79 Å². The predicted molar refractivity (Wildman–Crippen MR) is 107 cm³/mol. The summed E-state index contributed by atoms with van der Waals surface area (Å²) in [7, 11) is 1.96. The van der Waals surface area contributed by atoms with Crippen LogP contribution in [0.5, 0.6) is 0 Å². The lowest BCUT2D eigenvalue weighted by molar-refractivity contribution is 0.0674. The summed E-state index contributed by atoms with van der Waals surface area (Å²) >= 11 is 6.34. The maximum atomic E-state index is 13.0. The van der Waals surface area contributed by atoms with Crippen LogP contribution in [-0.2, 0) is 0 Å². The first-order valence-corrected chi connectivity index (χ1v) is 8.85. The Hall–Kier alpha value is -1.55. The van der Waals surface area contributed by atoms with E-state index in [-0.39, 0.29) is 18.3 Å². The summed E-state index contributed by atoms with van der Waals surface area (Å²) in [5.41, 5.74) is 2.71. The van der Waals surface area contributed by atoms with E-state index in [1.165, 1.54) is 6.42 Å². The number of hydrogen-bond donors (Lipinski definition) is 1. The smallest absolute Gasteiger partial charge is 0.255 e. The molecule has 1 fully saturated rings. The molecule has 1 aliphatic rings. The topological polar surface area (TPSA) is 32.3 Å². The minimum Gasteiger partial charge on any atom is -0.338 e. The quantitative estimate of drug-likeness (QED) is 0.848. The minimum atomic E-state index is 0. The summed E-state index contributed by atoms with van der Waals surface area (Å²) in [6.07, 6.45) is 2.22. The molecule has 1 atom stereocenters. The molecular formula is C20H24Cl2N2O. The number of nitrogens with one attached hydrogen (secondary N) is 1. The lowest BCUT2D eigenvalue weighted by Crippen LogP contribution is -2.42. The fourth-order valence-corrected chi connectivity index (χ4v) is 3.57. The van der Waals surface area contributed by atoms with E-state index in [4.69, 9.17) is 11.6 Å². The van der Waals surface area contributed by atoms with E-state index < -0.39 is 0 Å². The molecule has 0 radical (unpaired) electrons. The van der Waals surface area contributed by atoms with Gasteiger partial charge in [0.2, 0.25) is 0 Å². The number of halogens is 2. The summed E-state index contributed by atoms with van der Waals surface area (Å²) in [5, 5.41) is 3.74.